The van der Waals surface area contributed by atoms with Gasteiger partial charge in [-0.15, -0.1) is 12.6 Å². The second kappa shape index (κ2) is 2.49. The van der Waals surface area contributed by atoms with E-state index in [9.17, 15) is 13.2 Å². The molecule has 0 aliphatic carbocycles. The molecule has 1 aromatic rings. The summed E-state index contributed by atoms with van der Waals surface area (Å²) in [4.78, 5) is 2.28. The average Bonchev–Trinajstić information content (AvgIpc) is 1.84. The van der Waals surface area contributed by atoms with Gasteiger partial charge in [0.2, 0.25) is 5.95 Å². The van der Waals surface area contributed by atoms with Crippen LogP contribution in [-0.2, 0) is 0 Å². The molecule has 0 fully saturated rings. The van der Waals surface area contributed by atoms with Crippen molar-refractivity contribution < 1.29 is 13.2 Å². The Hall–Kier alpha value is -0.710. The van der Waals surface area contributed by atoms with Gasteiger partial charge in [-0.25, -0.2) is 4.39 Å². The van der Waals surface area contributed by atoms with Crippen molar-refractivity contribution in [3.05, 3.63) is 23.8 Å². The summed E-state index contributed by atoms with van der Waals surface area (Å²) in [6, 6.07) is 0.626. The first-order valence-corrected chi connectivity index (χ1v) is 2.76. The lowest BCUT2D eigenvalue weighted by Crippen LogP contribution is -1.93. The summed E-state index contributed by atoms with van der Waals surface area (Å²) >= 11 is 3.47. The van der Waals surface area contributed by atoms with Crippen LogP contribution in [0.25, 0.3) is 0 Å². The molecule has 54 valence electrons. The third-order valence-electron chi connectivity index (χ3n) is 0.868. The van der Waals surface area contributed by atoms with Gasteiger partial charge in [0.05, 0.1) is 4.90 Å². The molecule has 1 nitrogen and oxygen atoms in total. The Kier molecular flexibility index (Phi) is 1.85. The molecule has 0 unspecified atom stereocenters. The smallest absolute Gasteiger partial charge is 0.202 e. The normalized spacial score (nSPS) is 10.0. The minimum absolute atomic E-state index is 0.307. The molecule has 0 saturated heterocycles. The lowest BCUT2D eigenvalue weighted by atomic mass is 10.5. The van der Waals surface area contributed by atoms with Gasteiger partial charge < -0.3 is 0 Å². The molecule has 10 heavy (non-hydrogen) atoms. The molecular weight excluding hydrogens is 163 g/mol. The second-order valence-corrected chi connectivity index (χ2v) is 2.05. The van der Waals surface area contributed by atoms with Crippen molar-refractivity contribution in [2.45, 2.75) is 4.90 Å². The number of hydrogen-bond donors (Lipinski definition) is 1. The first-order valence-electron chi connectivity index (χ1n) is 2.32. The van der Waals surface area contributed by atoms with E-state index in [1.54, 1.807) is 0 Å². The molecule has 0 atom stereocenters. The van der Waals surface area contributed by atoms with Gasteiger partial charge in [0.1, 0.15) is 0 Å². The number of halogens is 3. The van der Waals surface area contributed by atoms with E-state index in [1.165, 1.54) is 0 Å². The van der Waals surface area contributed by atoms with Crippen LogP contribution in [0.15, 0.2) is 11.0 Å². The van der Waals surface area contributed by atoms with Crippen LogP contribution >= 0.6 is 12.6 Å². The highest BCUT2D eigenvalue weighted by Crippen LogP contribution is 2.12. The van der Waals surface area contributed by atoms with Gasteiger partial charge in [0, 0.05) is 0 Å². The van der Waals surface area contributed by atoms with Crippen LogP contribution in [0.4, 0.5) is 13.2 Å². The molecule has 1 rings (SSSR count). The Morgan fingerprint density at radius 1 is 1.20 bits per heavy atom. The Balaban J connectivity index is 3.28. The molecule has 0 aliphatic heterocycles. The largest absolute Gasteiger partial charge is 0.251 e. The highest BCUT2D eigenvalue weighted by Gasteiger charge is 2.07. The maximum atomic E-state index is 12.2. The Morgan fingerprint density at radius 2 is 1.80 bits per heavy atom. The van der Waals surface area contributed by atoms with Crippen LogP contribution in [0, 0.1) is 17.7 Å². The maximum Gasteiger partial charge on any atom is 0.251 e. The quantitative estimate of drug-likeness (QED) is 0.456. The van der Waals surface area contributed by atoms with Gasteiger partial charge in [-0.3, -0.25) is 0 Å². The van der Waals surface area contributed by atoms with Crippen molar-refractivity contribution in [3.8, 4) is 0 Å². The first kappa shape index (κ1) is 7.40. The van der Waals surface area contributed by atoms with E-state index in [0.717, 1.165) is 0 Å². The minimum Gasteiger partial charge on any atom is -0.202 e. The molecule has 0 spiro atoms. The summed E-state index contributed by atoms with van der Waals surface area (Å²) in [5.41, 5.74) is 0. The number of aromatic nitrogens is 1. The molecule has 0 aromatic carbocycles. The van der Waals surface area contributed by atoms with Gasteiger partial charge >= 0.3 is 0 Å². The van der Waals surface area contributed by atoms with Crippen LogP contribution in [0.2, 0.25) is 0 Å². The number of nitrogens with zero attached hydrogens (tertiary/aromatic N) is 1. The van der Waals surface area contributed by atoms with Gasteiger partial charge in [-0.1, -0.05) is 0 Å². The van der Waals surface area contributed by atoms with E-state index >= 15 is 0 Å². The van der Waals surface area contributed by atoms with Crippen molar-refractivity contribution in [1.29, 1.82) is 0 Å². The van der Waals surface area contributed by atoms with E-state index in [-0.39, 0.29) is 4.90 Å². The minimum atomic E-state index is -1.45. The van der Waals surface area contributed by atoms with E-state index in [4.69, 9.17) is 0 Å². The predicted octanol–water partition coefficient (Wildman–Crippen LogP) is 1.79. The number of thiol groups is 1. The number of pyridine rings is 1. The molecular formula is C5H2F3NS. The van der Waals surface area contributed by atoms with Crippen LogP contribution in [0.3, 0.4) is 0 Å². The van der Waals surface area contributed by atoms with E-state index in [2.05, 4.69) is 17.6 Å². The maximum absolute atomic E-state index is 12.2. The van der Waals surface area contributed by atoms with Gasteiger partial charge in [-0.05, 0) is 6.07 Å². The molecule has 5 heteroatoms. The van der Waals surface area contributed by atoms with Gasteiger partial charge in [0.15, 0.2) is 5.82 Å². The molecule has 0 N–H and O–H groups in total. The molecule has 0 aliphatic rings. The monoisotopic (exact) mass is 165 g/mol. The SMILES string of the molecule is Fc1cc(S)c(F)nc1F. The topological polar surface area (TPSA) is 12.9 Å². The van der Waals surface area contributed by atoms with Crippen molar-refractivity contribution in [2.24, 2.45) is 0 Å². The van der Waals surface area contributed by atoms with Crippen LogP contribution < -0.4 is 0 Å². The van der Waals surface area contributed by atoms with Crippen LogP contribution in [-0.4, -0.2) is 4.98 Å². The zero-order valence-electron chi connectivity index (χ0n) is 4.61. The van der Waals surface area contributed by atoms with Crippen molar-refractivity contribution in [2.75, 3.05) is 0 Å². The van der Waals surface area contributed by atoms with Gasteiger partial charge in [-0.2, -0.15) is 13.8 Å². The zero-order valence-corrected chi connectivity index (χ0v) is 5.50. The highest BCUT2D eigenvalue weighted by molar-refractivity contribution is 7.80. The summed E-state index contributed by atoms with van der Waals surface area (Å²) in [5, 5.41) is 0. The van der Waals surface area contributed by atoms with Crippen molar-refractivity contribution in [3.63, 3.8) is 0 Å². The van der Waals surface area contributed by atoms with E-state index in [1.807, 2.05) is 0 Å². The number of hydrogen-bond acceptors (Lipinski definition) is 2. The summed E-state index contributed by atoms with van der Waals surface area (Å²) in [6.07, 6.45) is 0. The van der Waals surface area contributed by atoms with Crippen molar-refractivity contribution >= 4 is 12.6 Å². The number of rotatable bonds is 0. The summed E-state index contributed by atoms with van der Waals surface area (Å²) in [7, 11) is 0. The molecule has 0 radical (unpaired) electrons. The Labute approximate surface area is 60.3 Å². The fourth-order valence-corrected chi connectivity index (χ4v) is 0.599. The summed E-state index contributed by atoms with van der Waals surface area (Å²) in [6.45, 7) is 0. The third kappa shape index (κ3) is 1.23. The molecule has 1 aromatic heterocycles. The summed E-state index contributed by atoms with van der Waals surface area (Å²) in [5.74, 6) is -3.76. The van der Waals surface area contributed by atoms with Crippen LogP contribution in [0.1, 0.15) is 0 Å². The lowest BCUT2D eigenvalue weighted by Gasteiger charge is -1.93. The predicted molar refractivity (Wildman–Crippen MR) is 31.4 cm³/mol. The molecule has 0 amide bonds. The molecule has 1 heterocycles. The average molecular weight is 165 g/mol. The fraction of sp³-hybridized carbons (Fsp3) is 0. The molecule has 0 bridgehead atoms. The standard InChI is InChI=1S/C5H2F3NS/c6-2-1-3(10)5(8)9-4(2)7/h1,10H. The highest BCUT2D eigenvalue weighted by atomic mass is 32.1. The van der Waals surface area contributed by atoms with Crippen LogP contribution in [0.5, 0.6) is 0 Å². The third-order valence-corrected chi connectivity index (χ3v) is 1.18. The summed E-state index contributed by atoms with van der Waals surface area (Å²) < 4.78 is 36.3. The Morgan fingerprint density at radius 3 is 2.30 bits per heavy atom. The lowest BCUT2D eigenvalue weighted by molar-refractivity contribution is 0.435. The molecule has 0 saturated carbocycles. The van der Waals surface area contributed by atoms with E-state index < -0.39 is 17.7 Å². The Bertz CT molecular complexity index is 213. The fourth-order valence-electron chi connectivity index (χ4n) is 0.436. The first-order chi connectivity index (χ1) is 4.61. The second-order valence-electron chi connectivity index (χ2n) is 1.57. The van der Waals surface area contributed by atoms with Crippen molar-refractivity contribution in [1.82, 2.24) is 4.98 Å². The van der Waals surface area contributed by atoms with E-state index in [0.29, 0.717) is 6.07 Å². The van der Waals surface area contributed by atoms with Gasteiger partial charge in [0.25, 0.3) is 5.95 Å². The zero-order chi connectivity index (χ0) is 7.72.